The first-order valence-electron chi connectivity index (χ1n) is 10.5. The minimum absolute atomic E-state index is 0.0251. The van der Waals surface area contributed by atoms with Crippen molar-refractivity contribution in [3.05, 3.63) is 58.1 Å². The fourth-order valence-corrected chi connectivity index (χ4v) is 3.91. The molecule has 0 unspecified atom stereocenters. The number of hydrogen-bond donors (Lipinski definition) is 1. The molecule has 1 saturated carbocycles. The number of carbonyl (C=O) groups is 2. The normalized spacial score (nSPS) is 14.4. The van der Waals surface area contributed by atoms with E-state index in [9.17, 15) is 9.59 Å². The Hall–Kier alpha value is -2.34. The summed E-state index contributed by atoms with van der Waals surface area (Å²) in [5, 5.41) is 2.79. The number of esters is 1. The number of benzene rings is 2. The van der Waals surface area contributed by atoms with Crippen molar-refractivity contribution in [1.82, 2.24) is 0 Å². The third-order valence-corrected chi connectivity index (χ3v) is 5.68. The van der Waals surface area contributed by atoms with E-state index in [0.29, 0.717) is 17.0 Å². The van der Waals surface area contributed by atoms with E-state index >= 15 is 0 Å². The lowest BCUT2D eigenvalue weighted by atomic mass is 9.98. The highest BCUT2D eigenvalue weighted by Gasteiger charge is 2.18. The van der Waals surface area contributed by atoms with Gasteiger partial charge in [-0.15, -0.1) is 0 Å². The molecule has 1 N–H and O–H groups in total. The van der Waals surface area contributed by atoms with Crippen LogP contribution in [0.2, 0.25) is 0 Å². The Morgan fingerprint density at radius 1 is 1.07 bits per heavy atom. The van der Waals surface area contributed by atoms with Gasteiger partial charge in [-0.25, -0.2) is 4.79 Å². The van der Waals surface area contributed by atoms with E-state index in [4.69, 9.17) is 9.47 Å². The van der Waals surface area contributed by atoms with Crippen molar-refractivity contribution < 1.29 is 19.1 Å². The maximum atomic E-state index is 12.3. The second kappa shape index (κ2) is 10.6. The van der Waals surface area contributed by atoms with E-state index < -0.39 is 0 Å². The Morgan fingerprint density at radius 2 is 1.77 bits per heavy atom. The van der Waals surface area contributed by atoms with Gasteiger partial charge in [0, 0.05) is 10.2 Å². The summed E-state index contributed by atoms with van der Waals surface area (Å²) >= 11 is 3.46. The predicted octanol–water partition coefficient (Wildman–Crippen LogP) is 6.08. The Bertz CT molecular complexity index is 873. The molecule has 0 spiro atoms. The predicted molar refractivity (Wildman–Crippen MR) is 121 cm³/mol. The quantitative estimate of drug-likeness (QED) is 0.494. The van der Waals surface area contributed by atoms with Crippen LogP contribution in [0, 0.1) is 0 Å². The van der Waals surface area contributed by atoms with E-state index in [1.807, 2.05) is 18.2 Å². The number of rotatable bonds is 7. The summed E-state index contributed by atoms with van der Waals surface area (Å²) in [4.78, 5) is 24.6. The molecular formula is C24H28BrNO4. The maximum absolute atomic E-state index is 12.3. The third-order valence-electron chi connectivity index (χ3n) is 5.18. The fraction of sp³-hybridized carbons (Fsp3) is 0.417. The SMILES string of the molecule is CC(C)c1cc(Br)ccc1OCC(=O)Nc1ccc(C(=O)OC2CCCCC2)cc1. The van der Waals surface area contributed by atoms with Crippen molar-refractivity contribution in [3.63, 3.8) is 0 Å². The zero-order valence-electron chi connectivity index (χ0n) is 17.4. The van der Waals surface area contributed by atoms with Crippen molar-refractivity contribution in [2.24, 2.45) is 0 Å². The monoisotopic (exact) mass is 473 g/mol. The highest BCUT2D eigenvalue weighted by molar-refractivity contribution is 9.10. The topological polar surface area (TPSA) is 64.6 Å². The van der Waals surface area contributed by atoms with Gasteiger partial charge in [0.05, 0.1) is 5.56 Å². The molecule has 0 aliphatic heterocycles. The first-order chi connectivity index (χ1) is 14.4. The molecule has 2 aromatic carbocycles. The summed E-state index contributed by atoms with van der Waals surface area (Å²) in [7, 11) is 0. The summed E-state index contributed by atoms with van der Waals surface area (Å²) in [6.07, 6.45) is 5.35. The van der Waals surface area contributed by atoms with Crippen LogP contribution in [-0.2, 0) is 9.53 Å². The summed E-state index contributed by atoms with van der Waals surface area (Å²) in [5.74, 6) is 0.412. The number of anilines is 1. The third kappa shape index (κ3) is 6.33. The van der Waals surface area contributed by atoms with Gasteiger partial charge in [0.25, 0.3) is 5.91 Å². The van der Waals surface area contributed by atoms with Gasteiger partial charge >= 0.3 is 5.97 Å². The van der Waals surface area contributed by atoms with Crippen molar-refractivity contribution in [1.29, 1.82) is 0 Å². The molecule has 0 saturated heterocycles. The molecule has 0 atom stereocenters. The molecule has 30 heavy (non-hydrogen) atoms. The van der Waals surface area contributed by atoms with Gasteiger partial charge in [0.1, 0.15) is 11.9 Å². The van der Waals surface area contributed by atoms with Gasteiger partial charge in [0.15, 0.2) is 6.61 Å². The molecule has 0 aromatic heterocycles. The van der Waals surface area contributed by atoms with E-state index in [-0.39, 0.29) is 30.5 Å². The lowest BCUT2D eigenvalue weighted by molar-refractivity contribution is -0.118. The molecule has 0 radical (unpaired) electrons. The molecule has 3 rings (SSSR count). The molecule has 1 fully saturated rings. The van der Waals surface area contributed by atoms with E-state index in [0.717, 1.165) is 35.7 Å². The van der Waals surface area contributed by atoms with Crippen molar-refractivity contribution in [2.75, 3.05) is 11.9 Å². The summed E-state index contributed by atoms with van der Waals surface area (Å²) in [5.41, 5.74) is 2.14. The first-order valence-corrected chi connectivity index (χ1v) is 11.2. The number of halogens is 1. The van der Waals surface area contributed by atoms with Crippen molar-refractivity contribution >= 4 is 33.5 Å². The molecule has 1 amide bonds. The second-order valence-corrected chi connectivity index (χ2v) is 8.83. The van der Waals surface area contributed by atoms with E-state index in [1.54, 1.807) is 24.3 Å². The second-order valence-electron chi connectivity index (χ2n) is 7.92. The van der Waals surface area contributed by atoms with Crippen LogP contribution in [0.4, 0.5) is 5.69 Å². The molecule has 0 heterocycles. The van der Waals surface area contributed by atoms with Gasteiger partial charge in [-0.3, -0.25) is 4.79 Å². The smallest absolute Gasteiger partial charge is 0.338 e. The van der Waals surface area contributed by atoms with Crippen LogP contribution in [0.15, 0.2) is 46.9 Å². The summed E-state index contributed by atoms with van der Waals surface area (Å²) in [6.45, 7) is 4.07. The number of ether oxygens (including phenoxy) is 2. The Kier molecular flexibility index (Phi) is 7.91. The lowest BCUT2D eigenvalue weighted by Crippen LogP contribution is -2.21. The molecule has 1 aliphatic rings. The number of nitrogens with one attached hydrogen (secondary N) is 1. The minimum Gasteiger partial charge on any atom is -0.483 e. The Balaban J connectivity index is 1.51. The van der Waals surface area contributed by atoms with E-state index in [1.165, 1.54) is 6.42 Å². The molecule has 6 heteroatoms. The zero-order chi connectivity index (χ0) is 21.5. The Labute approximate surface area is 186 Å². The number of carbonyl (C=O) groups excluding carboxylic acids is 2. The Morgan fingerprint density at radius 3 is 2.43 bits per heavy atom. The van der Waals surface area contributed by atoms with Gasteiger partial charge in [-0.2, -0.15) is 0 Å². The zero-order valence-corrected chi connectivity index (χ0v) is 19.0. The van der Waals surface area contributed by atoms with Gasteiger partial charge in [-0.1, -0.05) is 36.2 Å². The van der Waals surface area contributed by atoms with Crippen molar-refractivity contribution in [2.45, 2.75) is 58.0 Å². The van der Waals surface area contributed by atoms with Crippen LogP contribution in [0.1, 0.15) is 67.8 Å². The van der Waals surface area contributed by atoms with Crippen LogP contribution in [0.5, 0.6) is 5.75 Å². The lowest BCUT2D eigenvalue weighted by Gasteiger charge is -2.21. The molecule has 2 aromatic rings. The van der Waals surface area contributed by atoms with Crippen LogP contribution >= 0.6 is 15.9 Å². The average molecular weight is 474 g/mol. The van der Waals surface area contributed by atoms with Crippen LogP contribution in [-0.4, -0.2) is 24.6 Å². The summed E-state index contributed by atoms with van der Waals surface area (Å²) in [6, 6.07) is 12.5. The molecule has 0 bridgehead atoms. The van der Waals surface area contributed by atoms with Gasteiger partial charge in [0.2, 0.25) is 0 Å². The number of amides is 1. The molecule has 1 aliphatic carbocycles. The molecule has 5 nitrogen and oxygen atoms in total. The largest absolute Gasteiger partial charge is 0.483 e. The van der Waals surface area contributed by atoms with Crippen LogP contribution < -0.4 is 10.1 Å². The molecular weight excluding hydrogens is 446 g/mol. The molecule has 160 valence electrons. The highest BCUT2D eigenvalue weighted by Crippen LogP contribution is 2.29. The standard InChI is InChI=1S/C24H28BrNO4/c1-16(2)21-14-18(25)10-13-22(21)29-15-23(27)26-19-11-8-17(9-12-19)24(28)30-20-6-4-3-5-7-20/h8-14,16,20H,3-7,15H2,1-2H3,(H,26,27). The van der Waals surface area contributed by atoms with Gasteiger partial charge < -0.3 is 14.8 Å². The van der Waals surface area contributed by atoms with Crippen LogP contribution in [0.25, 0.3) is 0 Å². The first kappa shape index (κ1) is 22.3. The maximum Gasteiger partial charge on any atom is 0.338 e. The van der Waals surface area contributed by atoms with Crippen molar-refractivity contribution in [3.8, 4) is 5.75 Å². The number of hydrogen-bond acceptors (Lipinski definition) is 4. The average Bonchev–Trinajstić information content (AvgIpc) is 2.74. The minimum atomic E-state index is -0.306. The van der Waals surface area contributed by atoms with E-state index in [2.05, 4.69) is 35.1 Å². The summed E-state index contributed by atoms with van der Waals surface area (Å²) < 4.78 is 12.3. The fourth-order valence-electron chi connectivity index (χ4n) is 3.53. The highest BCUT2D eigenvalue weighted by atomic mass is 79.9. The van der Waals surface area contributed by atoms with Crippen LogP contribution in [0.3, 0.4) is 0 Å². The van der Waals surface area contributed by atoms with Gasteiger partial charge in [-0.05, 0) is 79.6 Å².